The van der Waals surface area contributed by atoms with Gasteiger partial charge in [-0.3, -0.25) is 9.69 Å². The van der Waals surface area contributed by atoms with E-state index in [1.807, 2.05) is 24.3 Å². The van der Waals surface area contributed by atoms with Gasteiger partial charge >= 0.3 is 0 Å². The van der Waals surface area contributed by atoms with Crippen molar-refractivity contribution in [2.24, 2.45) is 0 Å². The molecule has 7 heteroatoms. The van der Waals surface area contributed by atoms with Crippen molar-refractivity contribution in [3.8, 4) is 16.3 Å². The van der Waals surface area contributed by atoms with Gasteiger partial charge in [0.05, 0.1) is 12.7 Å². The van der Waals surface area contributed by atoms with E-state index in [1.54, 1.807) is 14.2 Å². The minimum Gasteiger partial charge on any atom is -0.496 e. The van der Waals surface area contributed by atoms with Crippen molar-refractivity contribution in [1.82, 2.24) is 10.2 Å². The summed E-state index contributed by atoms with van der Waals surface area (Å²) in [6, 6.07) is 7.61. The van der Waals surface area contributed by atoms with E-state index in [1.165, 1.54) is 16.2 Å². The number of anilines is 1. The summed E-state index contributed by atoms with van der Waals surface area (Å²) in [7, 11) is 3.32. The molecule has 1 atom stereocenters. The highest BCUT2D eigenvalue weighted by Gasteiger charge is 2.28. The SMILES string of the molecule is COc1ccccc1-c1nnc(N(C)C(=O)[C@H]2CCCO2)s1. The Bertz CT molecular complexity index is 668. The summed E-state index contributed by atoms with van der Waals surface area (Å²) < 4.78 is 10.8. The monoisotopic (exact) mass is 319 g/mol. The quantitative estimate of drug-likeness (QED) is 0.865. The average Bonchev–Trinajstić information content (AvgIpc) is 3.24. The number of carbonyl (C=O) groups is 1. The lowest BCUT2D eigenvalue weighted by Gasteiger charge is -2.17. The van der Waals surface area contributed by atoms with E-state index < -0.39 is 0 Å². The van der Waals surface area contributed by atoms with Crippen LogP contribution in [0.3, 0.4) is 0 Å². The first-order valence-corrected chi connectivity index (χ1v) is 7.88. The number of methoxy groups -OCH3 is 1. The third-order valence-corrected chi connectivity index (χ3v) is 4.61. The van der Waals surface area contributed by atoms with Gasteiger partial charge in [-0.05, 0) is 25.0 Å². The molecular formula is C15H17N3O3S. The van der Waals surface area contributed by atoms with E-state index in [2.05, 4.69) is 10.2 Å². The Balaban J connectivity index is 1.82. The summed E-state index contributed by atoms with van der Waals surface area (Å²) in [4.78, 5) is 13.9. The summed E-state index contributed by atoms with van der Waals surface area (Å²) in [6.45, 7) is 0.646. The Hall–Kier alpha value is -1.99. The fraction of sp³-hybridized carbons (Fsp3) is 0.400. The first-order chi connectivity index (χ1) is 10.7. The molecule has 1 fully saturated rings. The highest BCUT2D eigenvalue weighted by Crippen LogP contribution is 2.34. The number of para-hydroxylation sites is 1. The molecule has 0 unspecified atom stereocenters. The van der Waals surface area contributed by atoms with Crippen LogP contribution in [-0.4, -0.2) is 43.0 Å². The molecule has 1 saturated heterocycles. The zero-order valence-corrected chi connectivity index (χ0v) is 13.3. The molecule has 0 saturated carbocycles. The molecule has 1 aromatic heterocycles. The lowest BCUT2D eigenvalue weighted by atomic mass is 10.2. The van der Waals surface area contributed by atoms with Gasteiger partial charge in [-0.2, -0.15) is 0 Å². The number of ether oxygens (including phenoxy) is 2. The second kappa shape index (κ2) is 6.41. The Morgan fingerprint density at radius 3 is 2.95 bits per heavy atom. The molecule has 0 radical (unpaired) electrons. The highest BCUT2D eigenvalue weighted by molar-refractivity contribution is 7.18. The number of hydrogen-bond acceptors (Lipinski definition) is 6. The van der Waals surface area contributed by atoms with Crippen LogP contribution in [0.4, 0.5) is 5.13 Å². The maximum atomic E-state index is 12.3. The molecule has 2 heterocycles. The molecule has 1 aromatic carbocycles. The molecule has 0 N–H and O–H groups in total. The van der Waals surface area contributed by atoms with Crippen molar-refractivity contribution in [3.05, 3.63) is 24.3 Å². The Labute approximate surface area is 132 Å². The number of likely N-dealkylation sites (N-methyl/N-ethyl adjacent to an activating group) is 1. The van der Waals surface area contributed by atoms with E-state index >= 15 is 0 Å². The maximum absolute atomic E-state index is 12.3. The predicted octanol–water partition coefficient (Wildman–Crippen LogP) is 2.36. The Kier molecular flexibility index (Phi) is 4.35. The summed E-state index contributed by atoms with van der Waals surface area (Å²) in [5, 5.41) is 9.58. The molecule has 1 amide bonds. The second-order valence-electron chi connectivity index (χ2n) is 4.99. The molecule has 22 heavy (non-hydrogen) atoms. The van der Waals surface area contributed by atoms with Crippen molar-refractivity contribution < 1.29 is 14.3 Å². The van der Waals surface area contributed by atoms with Gasteiger partial charge < -0.3 is 9.47 Å². The minimum atomic E-state index is -0.358. The topological polar surface area (TPSA) is 64.6 Å². The lowest BCUT2D eigenvalue weighted by molar-refractivity contribution is -0.127. The summed E-state index contributed by atoms with van der Waals surface area (Å²) in [6.07, 6.45) is 1.33. The zero-order valence-electron chi connectivity index (χ0n) is 12.5. The normalized spacial score (nSPS) is 17.5. The van der Waals surface area contributed by atoms with E-state index in [9.17, 15) is 4.79 Å². The molecule has 0 spiro atoms. The minimum absolute atomic E-state index is 0.0692. The van der Waals surface area contributed by atoms with Crippen LogP contribution in [0.1, 0.15) is 12.8 Å². The molecule has 3 rings (SSSR count). The maximum Gasteiger partial charge on any atom is 0.257 e. The van der Waals surface area contributed by atoms with Crippen LogP contribution in [0, 0.1) is 0 Å². The number of carbonyl (C=O) groups excluding carboxylic acids is 1. The second-order valence-corrected chi connectivity index (χ2v) is 5.94. The van der Waals surface area contributed by atoms with Crippen LogP contribution in [0.25, 0.3) is 10.6 Å². The third-order valence-electron chi connectivity index (χ3n) is 3.57. The molecule has 2 aromatic rings. The van der Waals surface area contributed by atoms with Crippen molar-refractivity contribution in [2.75, 3.05) is 25.7 Å². The molecule has 6 nitrogen and oxygen atoms in total. The largest absolute Gasteiger partial charge is 0.496 e. The number of rotatable bonds is 4. The number of amides is 1. The van der Waals surface area contributed by atoms with E-state index in [-0.39, 0.29) is 12.0 Å². The van der Waals surface area contributed by atoms with Gasteiger partial charge in [-0.1, -0.05) is 23.5 Å². The summed E-state index contributed by atoms with van der Waals surface area (Å²) >= 11 is 1.36. The van der Waals surface area contributed by atoms with Gasteiger partial charge in [0.25, 0.3) is 5.91 Å². The smallest absolute Gasteiger partial charge is 0.257 e. The Morgan fingerprint density at radius 1 is 1.41 bits per heavy atom. The van der Waals surface area contributed by atoms with Gasteiger partial charge in [0.1, 0.15) is 11.9 Å². The summed E-state index contributed by atoms with van der Waals surface area (Å²) in [5.74, 6) is 0.665. The van der Waals surface area contributed by atoms with Crippen LogP contribution in [-0.2, 0) is 9.53 Å². The average molecular weight is 319 g/mol. The molecule has 0 aliphatic carbocycles. The Morgan fingerprint density at radius 2 is 2.23 bits per heavy atom. The molecule has 1 aliphatic rings. The predicted molar refractivity (Wildman–Crippen MR) is 84.3 cm³/mol. The van der Waals surface area contributed by atoms with E-state index in [4.69, 9.17) is 9.47 Å². The zero-order chi connectivity index (χ0) is 15.5. The lowest BCUT2D eigenvalue weighted by Crippen LogP contribution is -2.35. The van der Waals surface area contributed by atoms with Crippen LogP contribution >= 0.6 is 11.3 Å². The number of benzene rings is 1. The van der Waals surface area contributed by atoms with Crippen LogP contribution < -0.4 is 9.64 Å². The fourth-order valence-electron chi connectivity index (χ4n) is 2.36. The number of hydrogen-bond donors (Lipinski definition) is 0. The van der Waals surface area contributed by atoms with Crippen LogP contribution in [0.2, 0.25) is 0 Å². The molecular weight excluding hydrogens is 302 g/mol. The van der Waals surface area contributed by atoms with Crippen LogP contribution in [0.15, 0.2) is 24.3 Å². The first kappa shape index (κ1) is 14.9. The van der Waals surface area contributed by atoms with Gasteiger partial charge in [0.2, 0.25) is 5.13 Å². The van der Waals surface area contributed by atoms with Crippen molar-refractivity contribution in [2.45, 2.75) is 18.9 Å². The number of nitrogens with zero attached hydrogens (tertiary/aromatic N) is 3. The number of aromatic nitrogens is 2. The van der Waals surface area contributed by atoms with Gasteiger partial charge in [0.15, 0.2) is 5.01 Å². The standard InChI is InChI=1S/C15H17N3O3S/c1-18(14(19)12-8-5-9-21-12)15-17-16-13(22-15)10-6-3-4-7-11(10)20-2/h3-4,6-7,12H,5,8-9H2,1-2H3/t12-/m1/s1. The third kappa shape index (κ3) is 2.82. The highest BCUT2D eigenvalue weighted by atomic mass is 32.1. The van der Waals surface area contributed by atoms with Gasteiger partial charge in [0, 0.05) is 13.7 Å². The van der Waals surface area contributed by atoms with Gasteiger partial charge in [-0.25, -0.2) is 0 Å². The van der Waals surface area contributed by atoms with E-state index in [0.717, 1.165) is 29.2 Å². The molecule has 1 aliphatic heterocycles. The van der Waals surface area contributed by atoms with Gasteiger partial charge in [-0.15, -0.1) is 10.2 Å². The van der Waals surface area contributed by atoms with Crippen LogP contribution in [0.5, 0.6) is 5.75 Å². The van der Waals surface area contributed by atoms with Crippen molar-refractivity contribution in [1.29, 1.82) is 0 Å². The van der Waals surface area contributed by atoms with Crippen molar-refractivity contribution in [3.63, 3.8) is 0 Å². The first-order valence-electron chi connectivity index (χ1n) is 7.07. The van der Waals surface area contributed by atoms with Crippen molar-refractivity contribution >= 4 is 22.4 Å². The molecule has 116 valence electrons. The summed E-state index contributed by atoms with van der Waals surface area (Å²) in [5.41, 5.74) is 0.867. The molecule has 0 bridgehead atoms. The fourth-order valence-corrected chi connectivity index (χ4v) is 3.21. The van der Waals surface area contributed by atoms with E-state index in [0.29, 0.717) is 11.7 Å².